The molecular formula is C13H16BrN3S. The Morgan fingerprint density at radius 2 is 2.17 bits per heavy atom. The summed E-state index contributed by atoms with van der Waals surface area (Å²) < 4.78 is 3.80. The molecule has 0 amide bonds. The first-order valence-electron chi connectivity index (χ1n) is 5.91. The Hall–Kier alpha value is -0.940. The molecule has 0 fully saturated rings. The van der Waals surface area contributed by atoms with Crippen LogP contribution in [0.3, 0.4) is 0 Å². The number of aromatic amines is 1. The van der Waals surface area contributed by atoms with Gasteiger partial charge in [-0.3, -0.25) is 9.67 Å². The minimum Gasteiger partial charge on any atom is -0.300 e. The number of nitrogens with one attached hydrogen (secondary N) is 1. The standard InChI is InChI=1S/C13H16BrN3S/c1-8(2)7-17-12(15-16-13(17)18)10-6-4-5-9(3)11(10)14/h4-6,8H,7H2,1-3H3,(H,16,18). The number of aromatic nitrogens is 3. The maximum Gasteiger partial charge on any atom is 0.195 e. The van der Waals surface area contributed by atoms with Gasteiger partial charge < -0.3 is 0 Å². The van der Waals surface area contributed by atoms with Crippen LogP contribution in [0.25, 0.3) is 11.4 Å². The fourth-order valence-corrected chi connectivity index (χ4v) is 2.53. The third-order valence-corrected chi connectivity index (χ3v) is 4.10. The van der Waals surface area contributed by atoms with Gasteiger partial charge in [-0.1, -0.05) is 32.0 Å². The zero-order valence-electron chi connectivity index (χ0n) is 10.7. The maximum atomic E-state index is 5.30. The molecule has 18 heavy (non-hydrogen) atoms. The Balaban J connectivity index is 2.58. The van der Waals surface area contributed by atoms with Crippen molar-refractivity contribution in [2.24, 2.45) is 5.92 Å². The molecule has 0 radical (unpaired) electrons. The second-order valence-corrected chi connectivity index (χ2v) is 5.97. The van der Waals surface area contributed by atoms with Gasteiger partial charge in [0.15, 0.2) is 10.6 Å². The Morgan fingerprint density at radius 1 is 1.44 bits per heavy atom. The molecule has 0 spiro atoms. The Labute approximate surface area is 120 Å². The van der Waals surface area contributed by atoms with Crippen LogP contribution in [-0.4, -0.2) is 14.8 Å². The number of H-pyrrole nitrogens is 1. The van der Waals surface area contributed by atoms with Crippen molar-refractivity contribution in [1.82, 2.24) is 14.8 Å². The normalized spacial score (nSPS) is 11.2. The largest absolute Gasteiger partial charge is 0.300 e. The average Bonchev–Trinajstić information content (AvgIpc) is 2.64. The summed E-state index contributed by atoms with van der Waals surface area (Å²) in [4.78, 5) is 0. The van der Waals surface area contributed by atoms with Gasteiger partial charge >= 0.3 is 0 Å². The van der Waals surface area contributed by atoms with Gasteiger partial charge in [-0.2, -0.15) is 5.10 Å². The zero-order valence-corrected chi connectivity index (χ0v) is 13.1. The van der Waals surface area contributed by atoms with Crippen molar-refractivity contribution >= 4 is 28.1 Å². The van der Waals surface area contributed by atoms with Crippen molar-refractivity contribution < 1.29 is 0 Å². The molecule has 0 saturated heterocycles. The van der Waals surface area contributed by atoms with Crippen LogP contribution in [0, 0.1) is 17.6 Å². The van der Waals surface area contributed by atoms with Crippen molar-refractivity contribution in [1.29, 1.82) is 0 Å². The molecule has 0 aliphatic carbocycles. The Bertz CT molecular complexity index is 613. The second-order valence-electron chi connectivity index (χ2n) is 4.79. The number of nitrogens with zero attached hydrogens (tertiary/aromatic N) is 2. The minimum absolute atomic E-state index is 0.525. The molecule has 1 aromatic heterocycles. The highest BCUT2D eigenvalue weighted by atomic mass is 79.9. The van der Waals surface area contributed by atoms with E-state index in [1.54, 1.807) is 0 Å². The van der Waals surface area contributed by atoms with E-state index in [0.717, 1.165) is 22.4 Å². The Kier molecular flexibility index (Phi) is 4.02. The molecule has 0 atom stereocenters. The summed E-state index contributed by atoms with van der Waals surface area (Å²) in [6, 6.07) is 6.16. The highest BCUT2D eigenvalue weighted by Gasteiger charge is 2.13. The fourth-order valence-electron chi connectivity index (χ4n) is 1.88. The molecule has 1 N–H and O–H groups in total. The van der Waals surface area contributed by atoms with E-state index in [2.05, 4.69) is 63.6 Å². The summed E-state index contributed by atoms with van der Waals surface area (Å²) in [7, 11) is 0. The van der Waals surface area contributed by atoms with E-state index in [9.17, 15) is 0 Å². The third kappa shape index (κ3) is 2.57. The first-order chi connectivity index (χ1) is 8.50. The van der Waals surface area contributed by atoms with Gasteiger partial charge in [0, 0.05) is 16.6 Å². The molecule has 0 aliphatic rings. The molecule has 1 heterocycles. The SMILES string of the molecule is Cc1cccc(-c2n[nH]c(=S)n2CC(C)C)c1Br. The highest BCUT2D eigenvalue weighted by Crippen LogP contribution is 2.29. The van der Waals surface area contributed by atoms with E-state index in [4.69, 9.17) is 12.2 Å². The van der Waals surface area contributed by atoms with E-state index >= 15 is 0 Å². The molecule has 3 nitrogen and oxygen atoms in total. The van der Waals surface area contributed by atoms with E-state index < -0.39 is 0 Å². The lowest BCUT2D eigenvalue weighted by molar-refractivity contribution is 0.521. The van der Waals surface area contributed by atoms with E-state index in [-0.39, 0.29) is 0 Å². The van der Waals surface area contributed by atoms with Crippen LogP contribution in [0.2, 0.25) is 0 Å². The molecule has 0 saturated carbocycles. The summed E-state index contributed by atoms with van der Waals surface area (Å²) in [6.07, 6.45) is 0. The summed E-state index contributed by atoms with van der Waals surface area (Å²) in [5.74, 6) is 1.42. The van der Waals surface area contributed by atoms with Crippen LogP contribution in [0.5, 0.6) is 0 Å². The molecule has 0 unspecified atom stereocenters. The van der Waals surface area contributed by atoms with Crippen LogP contribution in [-0.2, 0) is 6.54 Å². The number of rotatable bonds is 3. The van der Waals surface area contributed by atoms with Crippen molar-refractivity contribution in [3.63, 3.8) is 0 Å². The number of hydrogen-bond acceptors (Lipinski definition) is 2. The summed E-state index contributed by atoms with van der Waals surface area (Å²) in [6.45, 7) is 7.28. The third-order valence-electron chi connectivity index (χ3n) is 2.74. The average molecular weight is 326 g/mol. The van der Waals surface area contributed by atoms with Gasteiger partial charge in [0.2, 0.25) is 0 Å². The molecule has 2 aromatic rings. The van der Waals surface area contributed by atoms with Crippen molar-refractivity contribution in [3.8, 4) is 11.4 Å². The smallest absolute Gasteiger partial charge is 0.195 e. The number of benzene rings is 1. The summed E-state index contributed by atoms with van der Waals surface area (Å²) >= 11 is 8.92. The molecule has 1 aromatic carbocycles. The number of hydrogen-bond donors (Lipinski definition) is 1. The molecule has 0 bridgehead atoms. The van der Waals surface area contributed by atoms with Crippen LogP contribution in [0.4, 0.5) is 0 Å². The van der Waals surface area contributed by atoms with Gasteiger partial charge in [0.25, 0.3) is 0 Å². The van der Waals surface area contributed by atoms with Gasteiger partial charge in [0.1, 0.15) is 0 Å². The van der Waals surface area contributed by atoms with Crippen molar-refractivity contribution in [2.45, 2.75) is 27.3 Å². The van der Waals surface area contributed by atoms with Crippen LogP contribution in [0.15, 0.2) is 22.7 Å². The minimum atomic E-state index is 0.525. The summed E-state index contributed by atoms with van der Waals surface area (Å²) in [5, 5.41) is 7.24. The lowest BCUT2D eigenvalue weighted by Gasteiger charge is -2.11. The van der Waals surface area contributed by atoms with Crippen LogP contribution >= 0.6 is 28.1 Å². The number of aryl methyl sites for hydroxylation is 1. The maximum absolute atomic E-state index is 5.30. The quantitative estimate of drug-likeness (QED) is 0.852. The predicted molar refractivity (Wildman–Crippen MR) is 80.1 cm³/mol. The van der Waals surface area contributed by atoms with E-state index in [1.807, 2.05) is 6.07 Å². The van der Waals surface area contributed by atoms with E-state index in [1.165, 1.54) is 5.56 Å². The molecular weight excluding hydrogens is 310 g/mol. The van der Waals surface area contributed by atoms with Gasteiger partial charge in [-0.25, -0.2) is 0 Å². The first-order valence-corrected chi connectivity index (χ1v) is 7.11. The lowest BCUT2D eigenvalue weighted by Crippen LogP contribution is -2.06. The predicted octanol–water partition coefficient (Wildman–Crippen LogP) is 4.33. The lowest BCUT2D eigenvalue weighted by atomic mass is 10.1. The van der Waals surface area contributed by atoms with E-state index in [0.29, 0.717) is 10.7 Å². The van der Waals surface area contributed by atoms with Crippen molar-refractivity contribution in [2.75, 3.05) is 0 Å². The zero-order chi connectivity index (χ0) is 13.3. The van der Waals surface area contributed by atoms with Crippen LogP contribution in [0.1, 0.15) is 19.4 Å². The molecule has 0 aliphatic heterocycles. The highest BCUT2D eigenvalue weighted by molar-refractivity contribution is 9.10. The molecule has 2 rings (SSSR count). The Morgan fingerprint density at radius 3 is 2.83 bits per heavy atom. The first kappa shape index (κ1) is 13.5. The number of halogens is 1. The van der Waals surface area contributed by atoms with Crippen LogP contribution < -0.4 is 0 Å². The topological polar surface area (TPSA) is 33.6 Å². The second kappa shape index (κ2) is 5.36. The van der Waals surface area contributed by atoms with Gasteiger partial charge in [-0.15, -0.1) is 0 Å². The fraction of sp³-hybridized carbons (Fsp3) is 0.385. The summed E-state index contributed by atoms with van der Waals surface area (Å²) in [5.41, 5.74) is 2.26. The molecule has 96 valence electrons. The van der Waals surface area contributed by atoms with Gasteiger partial charge in [-0.05, 0) is 46.6 Å². The van der Waals surface area contributed by atoms with Gasteiger partial charge in [0.05, 0.1) is 0 Å². The monoisotopic (exact) mass is 325 g/mol. The molecule has 5 heteroatoms. The van der Waals surface area contributed by atoms with Crippen molar-refractivity contribution in [3.05, 3.63) is 33.0 Å².